The Hall–Kier alpha value is -2.63. The predicted molar refractivity (Wildman–Crippen MR) is 215 cm³/mol. The van der Waals surface area contributed by atoms with Gasteiger partial charge in [0.05, 0.1) is 0 Å². The fraction of sp³-hybridized carbons (Fsp3) is 0.756. The summed E-state index contributed by atoms with van der Waals surface area (Å²) in [6.45, 7) is 6.39. The predicted octanol–water partition coefficient (Wildman–Crippen LogP) is 13.2. The van der Waals surface area contributed by atoms with E-state index in [0.29, 0.717) is 19.3 Å². The number of carbonyl (C=O) groups is 3. The van der Waals surface area contributed by atoms with E-state index in [2.05, 4.69) is 69.4 Å². The highest BCUT2D eigenvalue weighted by Crippen LogP contribution is 2.13. The maximum atomic E-state index is 12.6. The molecule has 0 radical (unpaired) electrons. The Balaban J connectivity index is 4.20. The molecule has 6 heteroatoms. The Kier molecular flexibility index (Phi) is 38.1. The van der Waals surface area contributed by atoms with Crippen LogP contribution in [-0.4, -0.2) is 37.2 Å². The van der Waals surface area contributed by atoms with Crippen LogP contribution in [0.5, 0.6) is 0 Å². The van der Waals surface area contributed by atoms with Crippen molar-refractivity contribution >= 4 is 17.9 Å². The third-order valence-electron chi connectivity index (χ3n) is 8.85. The Morgan fingerprint density at radius 2 is 0.765 bits per heavy atom. The van der Waals surface area contributed by atoms with Crippen molar-refractivity contribution in [2.24, 2.45) is 0 Å². The lowest BCUT2D eigenvalue weighted by molar-refractivity contribution is -0.167. The molecule has 1 unspecified atom stereocenters. The van der Waals surface area contributed by atoms with Gasteiger partial charge in [-0.3, -0.25) is 14.4 Å². The second-order valence-electron chi connectivity index (χ2n) is 13.9. The molecule has 1 atom stereocenters. The highest BCUT2D eigenvalue weighted by molar-refractivity contribution is 5.71. The molecule has 294 valence electrons. The fourth-order valence-corrected chi connectivity index (χ4v) is 5.67. The molecule has 6 nitrogen and oxygen atoms in total. The quantitative estimate of drug-likeness (QED) is 0.0276. The number of hydrogen-bond acceptors (Lipinski definition) is 6. The number of esters is 3. The standard InChI is InChI=1S/C45H78O6/c1-4-7-10-13-15-17-18-19-20-21-22-23-24-25-26-28-29-32-35-38-44(47)50-41-42(40-49-43(46)37-34-31-12-9-6-3)51-45(48)39-36-33-30-27-16-14-11-8-5-2/h7,10,15,17,19-20,22-23,42H,4-6,8-9,11-14,16,18,21,24-41H2,1-3H3/b10-7-,17-15-,20-19-,23-22-. The van der Waals surface area contributed by atoms with Gasteiger partial charge in [0.15, 0.2) is 6.10 Å². The molecule has 0 aliphatic heterocycles. The molecule has 51 heavy (non-hydrogen) atoms. The van der Waals surface area contributed by atoms with Crippen molar-refractivity contribution in [1.29, 1.82) is 0 Å². The Morgan fingerprint density at radius 3 is 1.20 bits per heavy atom. The van der Waals surface area contributed by atoms with Crippen molar-refractivity contribution in [3.63, 3.8) is 0 Å². The first-order valence-electron chi connectivity index (χ1n) is 21.1. The molecule has 0 aliphatic carbocycles. The van der Waals surface area contributed by atoms with Crippen LogP contribution in [0.4, 0.5) is 0 Å². The van der Waals surface area contributed by atoms with Crippen molar-refractivity contribution in [3.05, 3.63) is 48.6 Å². The van der Waals surface area contributed by atoms with Gasteiger partial charge < -0.3 is 14.2 Å². The van der Waals surface area contributed by atoms with E-state index >= 15 is 0 Å². The Bertz CT molecular complexity index is 918. The SMILES string of the molecule is CC/C=C\C/C=C\C/C=C\C/C=C\CCCCCCCCC(=O)OCC(COC(=O)CCCCCCC)OC(=O)CCCCCCCCCCC. The molecule has 0 aromatic carbocycles. The molecule has 0 saturated heterocycles. The molecule has 0 rings (SSSR count). The maximum absolute atomic E-state index is 12.6. The van der Waals surface area contributed by atoms with Crippen molar-refractivity contribution in [2.75, 3.05) is 13.2 Å². The van der Waals surface area contributed by atoms with Gasteiger partial charge in [0.25, 0.3) is 0 Å². The summed E-state index contributed by atoms with van der Waals surface area (Å²) in [5.74, 6) is -0.913. The van der Waals surface area contributed by atoms with Crippen LogP contribution in [0.25, 0.3) is 0 Å². The molecule has 0 amide bonds. The number of rotatable bonds is 37. The fourth-order valence-electron chi connectivity index (χ4n) is 5.67. The van der Waals surface area contributed by atoms with Crippen molar-refractivity contribution < 1.29 is 28.6 Å². The average molecular weight is 715 g/mol. The third kappa shape index (κ3) is 38.4. The van der Waals surface area contributed by atoms with Gasteiger partial charge >= 0.3 is 17.9 Å². The molecule has 0 aliphatic rings. The molecule has 0 aromatic rings. The van der Waals surface area contributed by atoms with Crippen molar-refractivity contribution in [1.82, 2.24) is 0 Å². The lowest BCUT2D eigenvalue weighted by Crippen LogP contribution is -2.30. The maximum Gasteiger partial charge on any atom is 0.306 e. The Morgan fingerprint density at radius 1 is 0.412 bits per heavy atom. The summed E-state index contributed by atoms with van der Waals surface area (Å²) >= 11 is 0. The average Bonchev–Trinajstić information content (AvgIpc) is 3.12. The van der Waals surface area contributed by atoms with Gasteiger partial charge in [0.1, 0.15) is 13.2 Å². The minimum Gasteiger partial charge on any atom is -0.462 e. The molecule has 0 bridgehead atoms. The van der Waals surface area contributed by atoms with Crippen LogP contribution in [0.3, 0.4) is 0 Å². The van der Waals surface area contributed by atoms with Crippen LogP contribution in [0, 0.1) is 0 Å². The smallest absolute Gasteiger partial charge is 0.306 e. The van der Waals surface area contributed by atoms with Gasteiger partial charge in [-0.1, -0.05) is 172 Å². The van der Waals surface area contributed by atoms with Gasteiger partial charge in [-0.25, -0.2) is 0 Å². The van der Waals surface area contributed by atoms with Crippen LogP contribution < -0.4 is 0 Å². The number of carbonyl (C=O) groups excluding carboxylic acids is 3. The minimum absolute atomic E-state index is 0.0779. The zero-order valence-corrected chi connectivity index (χ0v) is 33.4. The largest absolute Gasteiger partial charge is 0.462 e. The van der Waals surface area contributed by atoms with E-state index in [1.807, 2.05) is 0 Å². The van der Waals surface area contributed by atoms with Gasteiger partial charge in [0, 0.05) is 19.3 Å². The van der Waals surface area contributed by atoms with E-state index in [-0.39, 0.29) is 31.1 Å². The second kappa shape index (κ2) is 40.1. The van der Waals surface area contributed by atoms with Crippen LogP contribution in [0.15, 0.2) is 48.6 Å². The van der Waals surface area contributed by atoms with E-state index in [1.165, 1.54) is 64.2 Å². The summed E-state index contributed by atoms with van der Waals surface area (Å²) in [5.41, 5.74) is 0. The van der Waals surface area contributed by atoms with Crippen LogP contribution >= 0.6 is 0 Å². The van der Waals surface area contributed by atoms with E-state index in [9.17, 15) is 14.4 Å². The lowest BCUT2D eigenvalue weighted by atomic mass is 10.1. The molecule has 0 spiro atoms. The van der Waals surface area contributed by atoms with E-state index in [1.54, 1.807) is 0 Å². The van der Waals surface area contributed by atoms with E-state index in [4.69, 9.17) is 14.2 Å². The minimum atomic E-state index is -0.769. The summed E-state index contributed by atoms with van der Waals surface area (Å²) < 4.78 is 16.5. The molecular weight excluding hydrogens is 636 g/mol. The molecule has 0 N–H and O–H groups in total. The van der Waals surface area contributed by atoms with Gasteiger partial charge in [-0.2, -0.15) is 0 Å². The van der Waals surface area contributed by atoms with Gasteiger partial charge in [-0.15, -0.1) is 0 Å². The zero-order chi connectivity index (χ0) is 37.3. The first kappa shape index (κ1) is 48.4. The first-order chi connectivity index (χ1) is 25.0. The summed E-state index contributed by atoms with van der Waals surface area (Å²) in [6.07, 6.45) is 45.5. The molecular formula is C45H78O6. The summed E-state index contributed by atoms with van der Waals surface area (Å²) in [6, 6.07) is 0. The van der Waals surface area contributed by atoms with Crippen molar-refractivity contribution in [3.8, 4) is 0 Å². The zero-order valence-electron chi connectivity index (χ0n) is 33.4. The summed E-state index contributed by atoms with van der Waals surface area (Å²) in [5, 5.41) is 0. The normalized spacial score (nSPS) is 12.5. The highest BCUT2D eigenvalue weighted by Gasteiger charge is 2.19. The summed E-state index contributed by atoms with van der Waals surface area (Å²) in [4.78, 5) is 37.3. The van der Waals surface area contributed by atoms with Crippen LogP contribution in [0.1, 0.15) is 201 Å². The van der Waals surface area contributed by atoms with Crippen LogP contribution in [-0.2, 0) is 28.6 Å². The number of hydrogen-bond donors (Lipinski definition) is 0. The molecule has 0 fully saturated rings. The number of unbranched alkanes of at least 4 members (excludes halogenated alkanes) is 18. The monoisotopic (exact) mass is 715 g/mol. The van der Waals surface area contributed by atoms with E-state index < -0.39 is 6.10 Å². The first-order valence-corrected chi connectivity index (χ1v) is 21.1. The highest BCUT2D eigenvalue weighted by atomic mass is 16.6. The molecule has 0 aromatic heterocycles. The molecule has 0 saturated carbocycles. The van der Waals surface area contributed by atoms with Gasteiger partial charge in [0.2, 0.25) is 0 Å². The van der Waals surface area contributed by atoms with Crippen molar-refractivity contribution in [2.45, 2.75) is 207 Å². The molecule has 0 heterocycles. The third-order valence-corrected chi connectivity index (χ3v) is 8.85. The summed E-state index contributed by atoms with van der Waals surface area (Å²) in [7, 11) is 0. The van der Waals surface area contributed by atoms with Crippen LogP contribution in [0.2, 0.25) is 0 Å². The van der Waals surface area contributed by atoms with E-state index in [0.717, 1.165) is 96.3 Å². The second-order valence-corrected chi connectivity index (χ2v) is 13.9. The number of ether oxygens (including phenoxy) is 3. The number of allylic oxidation sites excluding steroid dienone is 8. The van der Waals surface area contributed by atoms with Gasteiger partial charge in [-0.05, 0) is 57.8 Å². The topological polar surface area (TPSA) is 78.9 Å². The Labute approximate surface area is 314 Å². The lowest BCUT2D eigenvalue weighted by Gasteiger charge is -2.18.